The Balaban J connectivity index is 2.63. The molecule has 1 amide bonds. The molecule has 3 nitrogen and oxygen atoms in total. The van der Waals surface area contributed by atoms with Gasteiger partial charge in [0.1, 0.15) is 5.75 Å². The third-order valence-corrected chi connectivity index (χ3v) is 2.92. The van der Waals surface area contributed by atoms with Crippen molar-refractivity contribution in [3.05, 3.63) is 24.3 Å². The van der Waals surface area contributed by atoms with Gasteiger partial charge in [0, 0.05) is 5.69 Å². The molecule has 0 fully saturated rings. The fourth-order valence-corrected chi connectivity index (χ4v) is 1.31. The van der Waals surface area contributed by atoms with Gasteiger partial charge in [0.25, 0.3) is 0 Å². The number of anilines is 1. The molecule has 18 heavy (non-hydrogen) atoms. The van der Waals surface area contributed by atoms with Crippen molar-refractivity contribution in [2.45, 2.75) is 44.5 Å². The Morgan fingerprint density at radius 3 is 2.39 bits per heavy atom. The first-order valence-electron chi connectivity index (χ1n) is 6.10. The molecule has 0 spiro atoms. The van der Waals surface area contributed by atoms with Gasteiger partial charge in [0.2, 0.25) is 5.91 Å². The van der Waals surface area contributed by atoms with E-state index in [0.29, 0.717) is 0 Å². The molecule has 0 heterocycles. The quantitative estimate of drug-likeness (QED) is 0.835. The van der Waals surface area contributed by atoms with Crippen molar-refractivity contribution in [3.8, 4) is 5.75 Å². The van der Waals surface area contributed by atoms with Gasteiger partial charge >= 0.3 is 0 Å². The molecule has 0 bridgehead atoms. The number of amides is 1. The molecular formula is C14H20BrNO2. The molecule has 1 aromatic rings. The second kappa shape index (κ2) is 6.23. The number of hydrogen-bond donors (Lipinski definition) is 1. The minimum atomic E-state index is -0.571. The summed E-state index contributed by atoms with van der Waals surface area (Å²) >= 11 is 3.32. The van der Waals surface area contributed by atoms with Crippen molar-refractivity contribution in [1.82, 2.24) is 0 Å². The first-order chi connectivity index (χ1) is 8.32. The van der Waals surface area contributed by atoms with E-state index in [1.807, 2.05) is 45.0 Å². The van der Waals surface area contributed by atoms with E-state index in [9.17, 15) is 4.79 Å². The maximum absolute atomic E-state index is 11.8. The summed E-state index contributed by atoms with van der Waals surface area (Å²) in [6.45, 7) is 7.73. The first kappa shape index (κ1) is 15.0. The van der Waals surface area contributed by atoms with Gasteiger partial charge in [-0.25, -0.2) is 0 Å². The summed E-state index contributed by atoms with van der Waals surface area (Å²) in [7, 11) is 0. The molecule has 1 aromatic carbocycles. The van der Waals surface area contributed by atoms with E-state index in [4.69, 9.17) is 4.74 Å². The van der Waals surface area contributed by atoms with Gasteiger partial charge in [-0.15, -0.1) is 0 Å². The number of alkyl halides is 1. The number of benzene rings is 1. The highest BCUT2D eigenvalue weighted by Crippen LogP contribution is 2.21. The molecule has 100 valence electrons. The van der Waals surface area contributed by atoms with Crippen molar-refractivity contribution in [1.29, 1.82) is 0 Å². The monoisotopic (exact) mass is 313 g/mol. The third kappa shape index (κ3) is 4.69. The zero-order chi connectivity index (χ0) is 13.8. The highest BCUT2D eigenvalue weighted by molar-refractivity contribution is 9.10. The summed E-state index contributed by atoms with van der Waals surface area (Å²) in [5.41, 5.74) is 0.768. The molecule has 4 heteroatoms. The Labute approximate surface area is 117 Å². The van der Waals surface area contributed by atoms with Gasteiger partial charge in [-0.2, -0.15) is 0 Å². The van der Waals surface area contributed by atoms with Crippen molar-refractivity contribution in [2.24, 2.45) is 0 Å². The Morgan fingerprint density at radius 2 is 1.94 bits per heavy atom. The maximum Gasteiger partial charge on any atom is 0.240 e. The maximum atomic E-state index is 11.8. The van der Waals surface area contributed by atoms with Crippen LogP contribution in [0.4, 0.5) is 5.69 Å². The van der Waals surface area contributed by atoms with Crippen molar-refractivity contribution >= 4 is 27.5 Å². The van der Waals surface area contributed by atoms with Crippen LogP contribution < -0.4 is 10.1 Å². The Morgan fingerprint density at radius 1 is 1.39 bits per heavy atom. The van der Waals surface area contributed by atoms with Crippen molar-refractivity contribution in [2.75, 3.05) is 5.32 Å². The van der Waals surface area contributed by atoms with Crippen LogP contribution in [0, 0.1) is 0 Å². The zero-order valence-electron chi connectivity index (χ0n) is 11.3. The Bertz CT molecular complexity index is 395. The van der Waals surface area contributed by atoms with Crippen LogP contribution in [0.25, 0.3) is 0 Å². The van der Waals surface area contributed by atoms with Crippen molar-refractivity contribution < 1.29 is 9.53 Å². The molecule has 0 radical (unpaired) electrons. The lowest BCUT2D eigenvalue weighted by molar-refractivity contribution is -0.117. The number of hydrogen-bond acceptors (Lipinski definition) is 2. The van der Waals surface area contributed by atoms with Crippen LogP contribution in [0.15, 0.2) is 24.3 Å². The second-order valence-electron chi connectivity index (χ2n) is 4.79. The van der Waals surface area contributed by atoms with Crippen LogP contribution >= 0.6 is 15.9 Å². The predicted octanol–water partition coefficient (Wildman–Crippen LogP) is 3.98. The number of nitrogens with one attached hydrogen (secondary N) is 1. The van der Waals surface area contributed by atoms with Crippen LogP contribution in [0.5, 0.6) is 5.75 Å². The van der Waals surface area contributed by atoms with Crippen LogP contribution in [0.3, 0.4) is 0 Å². The number of carbonyl (C=O) groups is 1. The van der Waals surface area contributed by atoms with E-state index in [0.717, 1.165) is 17.9 Å². The average molecular weight is 314 g/mol. The largest absolute Gasteiger partial charge is 0.491 e. The molecule has 1 unspecified atom stereocenters. The standard InChI is InChI=1S/C14H20BrNO2/c1-5-10(2)18-12-8-6-11(7-9-12)16-13(17)14(3,4)15/h6-10H,5H2,1-4H3,(H,16,17). The Kier molecular flexibility index (Phi) is 5.20. The van der Waals surface area contributed by atoms with Gasteiger partial charge < -0.3 is 10.1 Å². The van der Waals surface area contributed by atoms with E-state index in [1.54, 1.807) is 0 Å². The SMILES string of the molecule is CCC(C)Oc1ccc(NC(=O)C(C)(C)Br)cc1. The van der Waals surface area contributed by atoms with Gasteiger partial charge in [-0.1, -0.05) is 22.9 Å². The van der Waals surface area contributed by atoms with Crippen molar-refractivity contribution in [3.63, 3.8) is 0 Å². The number of halogens is 1. The molecule has 0 aliphatic carbocycles. The first-order valence-corrected chi connectivity index (χ1v) is 6.89. The summed E-state index contributed by atoms with van der Waals surface area (Å²) in [6, 6.07) is 7.41. The summed E-state index contributed by atoms with van der Waals surface area (Å²) < 4.78 is 5.10. The highest BCUT2D eigenvalue weighted by Gasteiger charge is 2.23. The lowest BCUT2D eigenvalue weighted by Crippen LogP contribution is -2.30. The molecule has 0 saturated heterocycles. The molecule has 0 aromatic heterocycles. The summed E-state index contributed by atoms with van der Waals surface area (Å²) in [5.74, 6) is 0.749. The van der Waals surface area contributed by atoms with E-state index in [-0.39, 0.29) is 12.0 Å². The van der Waals surface area contributed by atoms with Gasteiger partial charge in [-0.3, -0.25) is 4.79 Å². The molecule has 0 aliphatic rings. The predicted molar refractivity (Wildman–Crippen MR) is 78.5 cm³/mol. The van der Waals surface area contributed by atoms with E-state index >= 15 is 0 Å². The molecule has 1 atom stereocenters. The molecule has 1 N–H and O–H groups in total. The zero-order valence-corrected chi connectivity index (χ0v) is 12.9. The molecule has 1 rings (SSSR count). The summed E-state index contributed by atoms with van der Waals surface area (Å²) in [5, 5.41) is 2.84. The topological polar surface area (TPSA) is 38.3 Å². The summed E-state index contributed by atoms with van der Waals surface area (Å²) in [6.07, 6.45) is 1.17. The molecule has 0 aliphatic heterocycles. The van der Waals surface area contributed by atoms with Crippen LogP contribution in [-0.2, 0) is 4.79 Å². The minimum Gasteiger partial charge on any atom is -0.491 e. The molecular weight excluding hydrogens is 294 g/mol. The van der Waals surface area contributed by atoms with Crippen LogP contribution in [0.2, 0.25) is 0 Å². The fraction of sp³-hybridized carbons (Fsp3) is 0.500. The van der Waals surface area contributed by atoms with Gasteiger partial charge in [-0.05, 0) is 51.5 Å². The lowest BCUT2D eigenvalue weighted by Gasteiger charge is -2.16. The van der Waals surface area contributed by atoms with Gasteiger partial charge in [0.05, 0.1) is 10.4 Å². The molecule has 0 saturated carbocycles. The van der Waals surface area contributed by atoms with Crippen LogP contribution in [-0.4, -0.2) is 16.3 Å². The number of ether oxygens (including phenoxy) is 1. The fourth-order valence-electron chi connectivity index (χ4n) is 1.21. The average Bonchev–Trinajstić information content (AvgIpc) is 2.30. The second-order valence-corrected chi connectivity index (χ2v) is 6.77. The smallest absolute Gasteiger partial charge is 0.240 e. The summed E-state index contributed by atoms with van der Waals surface area (Å²) in [4.78, 5) is 11.8. The van der Waals surface area contributed by atoms with Gasteiger partial charge in [0.15, 0.2) is 0 Å². The highest BCUT2D eigenvalue weighted by atomic mass is 79.9. The number of carbonyl (C=O) groups excluding carboxylic acids is 1. The van der Waals surface area contributed by atoms with E-state index < -0.39 is 4.32 Å². The van der Waals surface area contributed by atoms with Crippen LogP contribution in [0.1, 0.15) is 34.1 Å². The number of rotatable bonds is 5. The third-order valence-electron chi connectivity index (χ3n) is 2.56. The normalized spacial score (nSPS) is 12.9. The lowest BCUT2D eigenvalue weighted by atomic mass is 10.2. The van der Waals surface area contributed by atoms with E-state index in [1.165, 1.54) is 0 Å². The Hall–Kier alpha value is -1.03. The van der Waals surface area contributed by atoms with E-state index in [2.05, 4.69) is 28.2 Å². The minimum absolute atomic E-state index is 0.0712.